The summed E-state index contributed by atoms with van der Waals surface area (Å²) in [5.74, 6) is 0.648. The molecule has 4 nitrogen and oxygen atoms in total. The number of nitrogens with zero attached hydrogens (tertiary/aromatic N) is 2. The van der Waals surface area contributed by atoms with Crippen molar-refractivity contribution in [1.29, 1.82) is 5.26 Å². The Morgan fingerprint density at radius 3 is 2.67 bits per heavy atom. The first-order chi connectivity index (χ1) is 8.74. The molecule has 2 N–H and O–H groups in total. The number of rotatable bonds is 7. The van der Waals surface area contributed by atoms with Gasteiger partial charge in [0.1, 0.15) is 24.1 Å². The van der Waals surface area contributed by atoms with Gasteiger partial charge in [-0.1, -0.05) is 13.8 Å². The lowest BCUT2D eigenvalue weighted by Gasteiger charge is -2.18. The van der Waals surface area contributed by atoms with Gasteiger partial charge in [-0.15, -0.1) is 7.05 Å². The second kappa shape index (κ2) is 7.70. The fourth-order valence-corrected chi connectivity index (χ4v) is 1.71. The van der Waals surface area contributed by atoms with E-state index in [1.165, 1.54) is 0 Å². The van der Waals surface area contributed by atoms with Crippen LogP contribution in [0.4, 0.5) is 5.69 Å². The Kier molecular flexibility index (Phi) is 6.20. The lowest BCUT2D eigenvalue weighted by molar-refractivity contribution is -0.504. The minimum Gasteiger partial charge on any atom is -0.491 e. The molecule has 0 aliphatic rings. The maximum absolute atomic E-state index is 9.06. The second-order valence-electron chi connectivity index (χ2n) is 3.95. The summed E-state index contributed by atoms with van der Waals surface area (Å²) in [5, 5.41) is 10.8. The van der Waals surface area contributed by atoms with Crippen molar-refractivity contribution < 1.29 is 10.1 Å². The smallest absolute Gasteiger partial charge is 0.137 e. The predicted octanol–water partition coefficient (Wildman–Crippen LogP) is 1.27. The van der Waals surface area contributed by atoms with Crippen LogP contribution in [0, 0.1) is 18.4 Å². The predicted molar refractivity (Wildman–Crippen MR) is 71.4 cm³/mol. The van der Waals surface area contributed by atoms with Gasteiger partial charge in [-0.25, -0.2) is 0 Å². The fourth-order valence-electron chi connectivity index (χ4n) is 1.71. The van der Waals surface area contributed by atoms with E-state index in [0.29, 0.717) is 17.9 Å². The van der Waals surface area contributed by atoms with Crippen LogP contribution < -0.4 is 10.1 Å². The molecule has 0 aromatic heterocycles. The number of likely N-dealkylation sites (N-methyl/N-ethyl adjacent to an activating group) is 1. The van der Waals surface area contributed by atoms with E-state index in [1.54, 1.807) is 11.4 Å². The number of benzene rings is 1. The largest absolute Gasteiger partial charge is 0.491 e. The number of hydrogen-bond donors (Lipinski definition) is 1. The van der Waals surface area contributed by atoms with Crippen LogP contribution in [0.15, 0.2) is 18.2 Å². The first-order valence-electron chi connectivity index (χ1n) is 6.26. The molecule has 0 radical (unpaired) electrons. The highest BCUT2D eigenvalue weighted by molar-refractivity contribution is 5.49. The van der Waals surface area contributed by atoms with Gasteiger partial charge in [-0.05, 0) is 19.2 Å². The Labute approximate surface area is 109 Å². The summed E-state index contributed by atoms with van der Waals surface area (Å²) in [7, 11) is 3.69. The molecule has 18 heavy (non-hydrogen) atoms. The molecule has 0 spiro atoms. The summed E-state index contributed by atoms with van der Waals surface area (Å²) in [6, 6.07) is 7.68. The SMILES string of the molecule is [CH2-][NH2+]c1ccc(OCCN(CC)CC)c(C#N)c1. The van der Waals surface area contributed by atoms with Crippen LogP contribution in [-0.2, 0) is 0 Å². The van der Waals surface area contributed by atoms with E-state index in [4.69, 9.17) is 10.00 Å². The van der Waals surface area contributed by atoms with Crippen molar-refractivity contribution in [3.05, 3.63) is 30.8 Å². The van der Waals surface area contributed by atoms with Crippen LogP contribution in [0.2, 0.25) is 0 Å². The minimum atomic E-state index is 0.562. The zero-order chi connectivity index (χ0) is 13.4. The van der Waals surface area contributed by atoms with Crippen molar-refractivity contribution in [1.82, 2.24) is 4.90 Å². The number of quaternary nitrogens is 1. The van der Waals surface area contributed by atoms with Crippen LogP contribution in [0.5, 0.6) is 5.75 Å². The summed E-state index contributed by atoms with van der Waals surface area (Å²) >= 11 is 0. The zero-order valence-corrected chi connectivity index (χ0v) is 11.1. The van der Waals surface area contributed by atoms with Crippen LogP contribution in [0.1, 0.15) is 19.4 Å². The molecule has 0 fully saturated rings. The van der Waals surface area contributed by atoms with E-state index in [2.05, 4.69) is 31.9 Å². The van der Waals surface area contributed by atoms with E-state index in [1.807, 2.05) is 12.1 Å². The molecule has 0 bridgehead atoms. The van der Waals surface area contributed by atoms with Gasteiger partial charge in [0.05, 0.1) is 5.56 Å². The van der Waals surface area contributed by atoms with Gasteiger partial charge in [0, 0.05) is 18.7 Å². The highest BCUT2D eigenvalue weighted by atomic mass is 16.5. The maximum Gasteiger partial charge on any atom is 0.137 e. The third kappa shape index (κ3) is 4.02. The van der Waals surface area contributed by atoms with Gasteiger partial charge >= 0.3 is 0 Å². The molecule has 1 rings (SSSR count). The van der Waals surface area contributed by atoms with Crippen molar-refractivity contribution in [2.75, 3.05) is 26.2 Å². The highest BCUT2D eigenvalue weighted by Crippen LogP contribution is 2.19. The van der Waals surface area contributed by atoms with Crippen LogP contribution >= 0.6 is 0 Å². The second-order valence-corrected chi connectivity index (χ2v) is 3.95. The van der Waals surface area contributed by atoms with Crippen LogP contribution in [0.3, 0.4) is 0 Å². The molecule has 0 unspecified atom stereocenters. The number of hydrogen-bond acceptors (Lipinski definition) is 3. The first-order valence-corrected chi connectivity index (χ1v) is 6.26. The number of nitrogens with two attached hydrogens (primary N) is 1. The Morgan fingerprint density at radius 2 is 2.11 bits per heavy atom. The lowest BCUT2D eigenvalue weighted by atomic mass is 10.2. The highest BCUT2D eigenvalue weighted by Gasteiger charge is 2.06. The molecule has 0 atom stereocenters. The molecule has 1 aromatic rings. The summed E-state index contributed by atoms with van der Waals surface area (Å²) in [6.45, 7) is 7.76. The van der Waals surface area contributed by atoms with Crippen molar-refractivity contribution in [3.8, 4) is 11.8 Å². The summed E-state index contributed by atoms with van der Waals surface area (Å²) in [4.78, 5) is 2.28. The summed E-state index contributed by atoms with van der Waals surface area (Å²) in [5.41, 5.74) is 1.49. The van der Waals surface area contributed by atoms with E-state index < -0.39 is 0 Å². The molecule has 0 amide bonds. The van der Waals surface area contributed by atoms with Gasteiger partial charge in [-0.2, -0.15) is 5.26 Å². The molecule has 0 aliphatic heterocycles. The third-order valence-corrected chi connectivity index (χ3v) is 2.92. The standard InChI is InChI=1S/C14H21N3O/c1-4-17(5-2)8-9-18-14-7-6-13(16-3)10-12(14)11-15/h6-7,10H,3-5,8-9,16H2,1-2H3. The minimum absolute atomic E-state index is 0.562. The van der Waals surface area contributed by atoms with Crippen molar-refractivity contribution in [2.45, 2.75) is 13.8 Å². The van der Waals surface area contributed by atoms with Gasteiger partial charge in [-0.3, -0.25) is 0 Å². The van der Waals surface area contributed by atoms with Gasteiger partial charge in [0.25, 0.3) is 0 Å². The topological polar surface area (TPSA) is 52.9 Å². The maximum atomic E-state index is 9.06. The molecule has 0 heterocycles. The van der Waals surface area contributed by atoms with Crippen molar-refractivity contribution in [2.24, 2.45) is 0 Å². The molecular formula is C14H21N3O. The van der Waals surface area contributed by atoms with Crippen LogP contribution in [-0.4, -0.2) is 31.1 Å². The third-order valence-electron chi connectivity index (χ3n) is 2.92. The first kappa shape index (κ1) is 14.5. The van der Waals surface area contributed by atoms with Gasteiger partial charge in [0.2, 0.25) is 0 Å². The molecule has 1 aromatic carbocycles. The molecular weight excluding hydrogens is 226 g/mol. The molecule has 0 aliphatic carbocycles. The average Bonchev–Trinajstić information content (AvgIpc) is 2.43. The quantitative estimate of drug-likeness (QED) is 0.583. The van der Waals surface area contributed by atoms with Gasteiger partial charge in [0.15, 0.2) is 0 Å². The van der Waals surface area contributed by atoms with Gasteiger partial charge < -0.3 is 15.0 Å². The molecule has 4 heteroatoms. The Bertz CT molecular complexity index is 408. The zero-order valence-electron chi connectivity index (χ0n) is 11.1. The normalized spacial score (nSPS) is 10.4. The Hall–Kier alpha value is -1.57. The van der Waals surface area contributed by atoms with E-state index in [9.17, 15) is 0 Å². The Morgan fingerprint density at radius 1 is 1.39 bits per heavy atom. The Balaban J connectivity index is 2.59. The monoisotopic (exact) mass is 247 g/mol. The summed E-state index contributed by atoms with van der Waals surface area (Å²) < 4.78 is 5.66. The van der Waals surface area contributed by atoms with E-state index in [-0.39, 0.29) is 0 Å². The summed E-state index contributed by atoms with van der Waals surface area (Å²) in [6.07, 6.45) is 0. The van der Waals surface area contributed by atoms with Crippen LogP contribution in [0.25, 0.3) is 0 Å². The molecule has 98 valence electrons. The number of nitriles is 1. The molecule has 0 saturated carbocycles. The lowest BCUT2D eigenvalue weighted by Crippen LogP contribution is -2.69. The number of ether oxygens (including phenoxy) is 1. The van der Waals surface area contributed by atoms with Crippen molar-refractivity contribution in [3.63, 3.8) is 0 Å². The molecule has 0 saturated heterocycles. The van der Waals surface area contributed by atoms with E-state index >= 15 is 0 Å². The van der Waals surface area contributed by atoms with Crippen molar-refractivity contribution >= 4 is 5.69 Å². The fraction of sp³-hybridized carbons (Fsp3) is 0.429. The van der Waals surface area contributed by atoms with E-state index in [0.717, 1.165) is 25.3 Å². The average molecular weight is 247 g/mol.